The van der Waals surface area contributed by atoms with Crippen LogP contribution >= 0.6 is 0 Å². The Morgan fingerprint density at radius 2 is 1.91 bits per heavy atom. The minimum atomic E-state index is -3.66. The van der Waals surface area contributed by atoms with Crippen molar-refractivity contribution in [1.82, 2.24) is 8.87 Å². The Kier molecular flexibility index (Phi) is 5.65. The van der Waals surface area contributed by atoms with E-state index in [0.29, 0.717) is 31.2 Å². The molecule has 8 heteroatoms. The normalized spacial score (nSPS) is 19.5. The van der Waals surface area contributed by atoms with Gasteiger partial charge in [-0.15, -0.1) is 0 Å². The Bertz CT molecular complexity index is 1330. The number of benzene rings is 2. The van der Waals surface area contributed by atoms with Crippen molar-refractivity contribution in [2.24, 2.45) is 0 Å². The molecule has 7 nitrogen and oxygen atoms in total. The monoisotopic (exact) mass is 465 g/mol. The van der Waals surface area contributed by atoms with Crippen LogP contribution in [-0.2, 0) is 10.0 Å². The zero-order valence-electron chi connectivity index (χ0n) is 18.6. The molecule has 1 saturated carbocycles. The third-order valence-corrected chi connectivity index (χ3v) is 8.61. The smallest absolute Gasteiger partial charge is 0.243 e. The summed E-state index contributed by atoms with van der Waals surface area (Å²) in [7, 11) is -3.66. The maximum atomic E-state index is 13.0. The van der Waals surface area contributed by atoms with Crippen molar-refractivity contribution >= 4 is 20.9 Å². The second-order valence-corrected chi connectivity index (χ2v) is 10.7. The number of fused-ring (bicyclic) bond motifs is 1. The maximum absolute atomic E-state index is 13.0. The van der Waals surface area contributed by atoms with Gasteiger partial charge >= 0.3 is 0 Å². The van der Waals surface area contributed by atoms with Crippen LogP contribution in [0.3, 0.4) is 0 Å². The minimum Gasteiger partial charge on any atom is -0.494 e. The van der Waals surface area contributed by atoms with E-state index in [4.69, 9.17) is 4.74 Å². The van der Waals surface area contributed by atoms with Crippen LogP contribution in [0.15, 0.2) is 47.4 Å². The van der Waals surface area contributed by atoms with E-state index in [1.165, 1.54) is 4.31 Å². The molecule has 3 aromatic rings. The molecule has 2 aromatic carbocycles. The zero-order valence-corrected chi connectivity index (χ0v) is 19.4. The van der Waals surface area contributed by atoms with E-state index >= 15 is 0 Å². The number of aromatic nitrogens is 1. The summed E-state index contributed by atoms with van der Waals surface area (Å²) in [5, 5.41) is 20.7. The molecule has 2 fully saturated rings. The summed E-state index contributed by atoms with van der Waals surface area (Å²) in [5.41, 5.74) is 3.21. The summed E-state index contributed by atoms with van der Waals surface area (Å²) < 4.78 is 35.2. The van der Waals surface area contributed by atoms with E-state index in [2.05, 4.69) is 10.6 Å². The van der Waals surface area contributed by atoms with Gasteiger partial charge in [-0.3, -0.25) is 0 Å². The van der Waals surface area contributed by atoms with Gasteiger partial charge in [0.15, 0.2) is 0 Å². The Morgan fingerprint density at radius 1 is 1.15 bits per heavy atom. The molecule has 1 aromatic heterocycles. The lowest BCUT2D eigenvalue weighted by molar-refractivity contribution is 0.189. The number of β-amino-alcohol motifs (C(OH)–C–C–N with tert-alkyl or cyclic N) is 1. The predicted molar refractivity (Wildman–Crippen MR) is 126 cm³/mol. The number of ether oxygens (including phenoxy) is 1. The standard InChI is InChI=1S/C25H27N3O4S/c1-2-32-20-8-11-22-23(15-26)25(28(24(22)14-20)18-4-3-5-18)17-6-9-21(10-7-17)33(30,31)27-13-12-19(29)16-27/h6-11,14,18-19,29H,2-5,12-13,16H2,1H3. The SMILES string of the molecule is CCOc1ccc2c(C#N)c(-c3ccc(S(=O)(=O)N4CCC(O)C4)cc3)n(C3CCC3)c2c1. The fraction of sp³-hybridized carbons (Fsp3) is 0.400. The van der Waals surface area contributed by atoms with Gasteiger partial charge in [0.25, 0.3) is 0 Å². The molecule has 5 rings (SSSR count). The summed E-state index contributed by atoms with van der Waals surface area (Å²) in [6.45, 7) is 2.96. The van der Waals surface area contributed by atoms with Gasteiger partial charge in [0.05, 0.1) is 34.4 Å². The molecule has 1 atom stereocenters. The van der Waals surface area contributed by atoms with Gasteiger partial charge in [-0.1, -0.05) is 12.1 Å². The highest BCUT2D eigenvalue weighted by atomic mass is 32.2. The topological polar surface area (TPSA) is 95.6 Å². The molecule has 1 saturated heterocycles. The lowest BCUT2D eigenvalue weighted by atomic mass is 9.92. The molecule has 33 heavy (non-hydrogen) atoms. The van der Waals surface area contributed by atoms with Gasteiger partial charge in [0, 0.05) is 30.6 Å². The van der Waals surface area contributed by atoms with Gasteiger partial charge in [0.1, 0.15) is 11.8 Å². The molecule has 2 heterocycles. The summed E-state index contributed by atoms with van der Waals surface area (Å²) in [5.74, 6) is 0.772. The van der Waals surface area contributed by atoms with Crippen LogP contribution in [0.2, 0.25) is 0 Å². The van der Waals surface area contributed by atoms with Crippen molar-refractivity contribution in [3.63, 3.8) is 0 Å². The van der Waals surface area contributed by atoms with E-state index in [-0.39, 0.29) is 11.4 Å². The molecule has 0 spiro atoms. The largest absolute Gasteiger partial charge is 0.494 e. The molecule has 0 bridgehead atoms. The van der Waals surface area contributed by atoms with Crippen molar-refractivity contribution in [3.05, 3.63) is 48.0 Å². The Morgan fingerprint density at radius 3 is 2.48 bits per heavy atom. The van der Waals surface area contributed by atoms with Crippen molar-refractivity contribution in [1.29, 1.82) is 5.26 Å². The van der Waals surface area contributed by atoms with Crippen molar-refractivity contribution in [2.45, 2.75) is 49.6 Å². The Balaban J connectivity index is 1.61. The van der Waals surface area contributed by atoms with E-state index in [0.717, 1.165) is 47.2 Å². The lowest BCUT2D eigenvalue weighted by Gasteiger charge is -2.30. The Hall–Kier alpha value is -2.86. The van der Waals surface area contributed by atoms with Gasteiger partial charge in [-0.05, 0) is 62.4 Å². The summed E-state index contributed by atoms with van der Waals surface area (Å²) in [6, 6.07) is 15.3. The summed E-state index contributed by atoms with van der Waals surface area (Å²) in [6.07, 6.45) is 3.08. The van der Waals surface area contributed by atoms with Crippen LogP contribution in [0.25, 0.3) is 22.2 Å². The molecule has 0 amide bonds. The second-order valence-electron chi connectivity index (χ2n) is 8.73. The molecule has 1 aliphatic heterocycles. The van der Waals surface area contributed by atoms with Crippen LogP contribution in [0.5, 0.6) is 5.75 Å². The molecule has 0 radical (unpaired) electrons. The van der Waals surface area contributed by atoms with Crippen LogP contribution in [-0.4, -0.2) is 48.2 Å². The van der Waals surface area contributed by atoms with E-state index < -0.39 is 16.1 Å². The number of aliphatic hydroxyl groups excluding tert-OH is 1. The first-order valence-electron chi connectivity index (χ1n) is 11.4. The first kappa shape index (κ1) is 22.0. The first-order valence-corrected chi connectivity index (χ1v) is 12.9. The van der Waals surface area contributed by atoms with Crippen molar-refractivity contribution < 1.29 is 18.3 Å². The van der Waals surface area contributed by atoms with Crippen LogP contribution in [0.4, 0.5) is 0 Å². The number of nitrogens with zero attached hydrogens (tertiary/aromatic N) is 3. The molecule has 1 N–H and O–H groups in total. The number of aliphatic hydroxyl groups is 1. The molecular weight excluding hydrogens is 438 g/mol. The van der Waals surface area contributed by atoms with Crippen molar-refractivity contribution in [3.8, 4) is 23.1 Å². The molecule has 172 valence electrons. The Labute approximate surface area is 193 Å². The average molecular weight is 466 g/mol. The highest BCUT2D eigenvalue weighted by Gasteiger charge is 2.32. The summed E-state index contributed by atoms with van der Waals surface area (Å²) >= 11 is 0. The highest BCUT2D eigenvalue weighted by molar-refractivity contribution is 7.89. The van der Waals surface area contributed by atoms with Gasteiger partial charge in [0.2, 0.25) is 10.0 Å². The van der Waals surface area contributed by atoms with Gasteiger partial charge < -0.3 is 14.4 Å². The van der Waals surface area contributed by atoms with Crippen LogP contribution in [0, 0.1) is 11.3 Å². The number of hydrogen-bond acceptors (Lipinski definition) is 5. The van der Waals surface area contributed by atoms with Crippen LogP contribution in [0.1, 0.15) is 44.2 Å². The number of sulfonamides is 1. The van der Waals surface area contributed by atoms with Crippen LogP contribution < -0.4 is 4.74 Å². The second kappa shape index (κ2) is 8.49. The minimum absolute atomic E-state index is 0.126. The number of rotatable bonds is 6. The highest BCUT2D eigenvalue weighted by Crippen LogP contribution is 2.43. The van der Waals surface area contributed by atoms with E-state index in [1.54, 1.807) is 24.3 Å². The van der Waals surface area contributed by atoms with Crippen molar-refractivity contribution in [2.75, 3.05) is 19.7 Å². The number of hydrogen-bond donors (Lipinski definition) is 1. The molecule has 1 unspecified atom stereocenters. The third-order valence-electron chi connectivity index (χ3n) is 6.73. The molecular formula is C25H27N3O4S. The van der Waals surface area contributed by atoms with Gasteiger partial charge in [-0.25, -0.2) is 8.42 Å². The maximum Gasteiger partial charge on any atom is 0.243 e. The molecule has 1 aliphatic carbocycles. The summed E-state index contributed by atoms with van der Waals surface area (Å²) in [4.78, 5) is 0.198. The fourth-order valence-corrected chi connectivity index (χ4v) is 6.32. The quantitative estimate of drug-likeness (QED) is 0.592. The van der Waals surface area contributed by atoms with E-state index in [9.17, 15) is 18.8 Å². The molecule has 2 aliphatic rings. The van der Waals surface area contributed by atoms with Gasteiger partial charge in [-0.2, -0.15) is 9.57 Å². The lowest BCUT2D eigenvalue weighted by Crippen LogP contribution is -2.29. The zero-order chi connectivity index (χ0) is 23.2. The fourth-order valence-electron chi connectivity index (χ4n) is 4.83. The van der Waals surface area contributed by atoms with E-state index in [1.807, 2.05) is 25.1 Å². The predicted octanol–water partition coefficient (Wildman–Crippen LogP) is 4.06. The number of nitriles is 1. The third kappa shape index (κ3) is 3.70. The average Bonchev–Trinajstić information content (AvgIpc) is 3.35. The first-order chi connectivity index (χ1) is 15.9.